The Morgan fingerprint density at radius 3 is 2.62 bits per heavy atom. The second-order valence-corrected chi connectivity index (χ2v) is 8.75. The molecule has 1 N–H and O–H groups in total. The van der Waals surface area contributed by atoms with E-state index in [1.807, 2.05) is 13.0 Å². The van der Waals surface area contributed by atoms with Crippen molar-refractivity contribution >= 4 is 44.6 Å². The van der Waals surface area contributed by atoms with Gasteiger partial charge in [-0.25, -0.2) is 13.4 Å². The number of hydrogen-bond acceptors (Lipinski definition) is 5. The standard InChI is InChI=1S/C17H19ClN4O3S/c1-10-5-6-11(14(7-10)22(3)26(4,24)25)19-12-8-15(18)20-13-9-21(2)17(23)16(12)13/h5-8H,9H2,1-4H3,(H,19,20). The van der Waals surface area contributed by atoms with E-state index < -0.39 is 10.0 Å². The molecule has 7 nitrogen and oxygen atoms in total. The number of pyridine rings is 1. The zero-order valence-electron chi connectivity index (χ0n) is 14.9. The molecule has 1 aliphatic rings. The van der Waals surface area contributed by atoms with Crippen LogP contribution in [0.15, 0.2) is 24.3 Å². The van der Waals surface area contributed by atoms with E-state index in [0.29, 0.717) is 34.9 Å². The Hall–Kier alpha value is -2.32. The number of hydrogen-bond donors (Lipinski definition) is 1. The number of anilines is 3. The Morgan fingerprint density at radius 1 is 1.27 bits per heavy atom. The highest BCUT2D eigenvalue weighted by Gasteiger charge is 2.30. The molecule has 9 heteroatoms. The molecule has 0 aliphatic carbocycles. The van der Waals surface area contributed by atoms with E-state index >= 15 is 0 Å². The quantitative estimate of drug-likeness (QED) is 0.806. The minimum Gasteiger partial charge on any atom is -0.353 e. The van der Waals surface area contributed by atoms with Crippen LogP contribution in [0.3, 0.4) is 0 Å². The van der Waals surface area contributed by atoms with Crippen molar-refractivity contribution in [3.05, 3.63) is 46.2 Å². The first kappa shape index (κ1) is 18.5. The van der Waals surface area contributed by atoms with Crippen LogP contribution in [-0.4, -0.2) is 44.6 Å². The number of nitrogens with one attached hydrogen (secondary N) is 1. The first-order chi connectivity index (χ1) is 12.1. The summed E-state index contributed by atoms with van der Waals surface area (Å²) in [6, 6.07) is 6.97. The molecular formula is C17H19ClN4O3S. The van der Waals surface area contributed by atoms with Gasteiger partial charge in [-0.2, -0.15) is 0 Å². The molecule has 0 fully saturated rings. The van der Waals surface area contributed by atoms with Crippen molar-refractivity contribution in [1.29, 1.82) is 0 Å². The van der Waals surface area contributed by atoms with E-state index in [1.54, 1.807) is 30.1 Å². The summed E-state index contributed by atoms with van der Waals surface area (Å²) in [6.45, 7) is 2.26. The zero-order valence-corrected chi connectivity index (χ0v) is 16.4. The van der Waals surface area contributed by atoms with Crippen molar-refractivity contribution in [3.63, 3.8) is 0 Å². The number of carbonyl (C=O) groups is 1. The number of fused-ring (bicyclic) bond motifs is 1. The van der Waals surface area contributed by atoms with E-state index in [4.69, 9.17) is 11.6 Å². The Morgan fingerprint density at radius 2 is 1.96 bits per heavy atom. The van der Waals surface area contributed by atoms with Gasteiger partial charge in [-0.1, -0.05) is 17.7 Å². The summed E-state index contributed by atoms with van der Waals surface area (Å²) in [5, 5.41) is 3.43. The average molecular weight is 395 g/mol. The number of rotatable bonds is 4. The maximum atomic E-state index is 12.4. The van der Waals surface area contributed by atoms with Crippen molar-refractivity contribution in [2.24, 2.45) is 0 Å². The predicted octanol–water partition coefficient (Wildman–Crippen LogP) is 2.77. The third kappa shape index (κ3) is 3.34. The number of benzene rings is 1. The predicted molar refractivity (Wildman–Crippen MR) is 103 cm³/mol. The van der Waals surface area contributed by atoms with Crippen molar-refractivity contribution < 1.29 is 13.2 Å². The van der Waals surface area contributed by atoms with Gasteiger partial charge in [0.05, 0.1) is 41.1 Å². The van der Waals surface area contributed by atoms with Gasteiger partial charge in [-0.15, -0.1) is 0 Å². The van der Waals surface area contributed by atoms with Gasteiger partial charge in [-0.05, 0) is 30.7 Å². The summed E-state index contributed by atoms with van der Waals surface area (Å²) >= 11 is 6.10. The second-order valence-electron chi connectivity index (χ2n) is 6.35. The highest BCUT2D eigenvalue weighted by molar-refractivity contribution is 7.92. The lowest BCUT2D eigenvalue weighted by Crippen LogP contribution is -2.25. The minimum atomic E-state index is -3.45. The summed E-state index contributed by atoms with van der Waals surface area (Å²) < 4.78 is 25.2. The van der Waals surface area contributed by atoms with E-state index in [9.17, 15) is 13.2 Å². The number of amides is 1. The Labute approximate surface area is 157 Å². The van der Waals surface area contributed by atoms with Gasteiger partial charge >= 0.3 is 0 Å². The molecule has 0 bridgehead atoms. The minimum absolute atomic E-state index is 0.156. The molecule has 0 saturated heterocycles. The number of aryl methyl sites for hydroxylation is 1. The topological polar surface area (TPSA) is 82.6 Å². The van der Waals surface area contributed by atoms with Crippen LogP contribution in [0.1, 0.15) is 21.6 Å². The lowest BCUT2D eigenvalue weighted by molar-refractivity contribution is 0.0817. The van der Waals surface area contributed by atoms with E-state index in [-0.39, 0.29) is 11.1 Å². The summed E-state index contributed by atoms with van der Waals surface area (Å²) in [7, 11) is -0.272. The van der Waals surface area contributed by atoms with Crippen molar-refractivity contribution in [1.82, 2.24) is 9.88 Å². The SMILES string of the molecule is Cc1ccc(Nc2cc(Cl)nc3c2C(=O)N(C)C3)c(N(C)S(C)(=O)=O)c1. The Kier molecular flexibility index (Phi) is 4.58. The summed E-state index contributed by atoms with van der Waals surface area (Å²) in [6.07, 6.45) is 1.14. The molecule has 1 aromatic carbocycles. The number of nitrogens with zero attached hydrogens (tertiary/aromatic N) is 3. The fourth-order valence-electron chi connectivity index (χ4n) is 2.83. The fraction of sp³-hybridized carbons (Fsp3) is 0.294. The number of aromatic nitrogens is 1. The largest absolute Gasteiger partial charge is 0.353 e. The number of carbonyl (C=O) groups excluding carboxylic acids is 1. The molecule has 3 rings (SSSR count). The third-order valence-electron chi connectivity index (χ3n) is 4.27. The first-order valence-corrected chi connectivity index (χ1v) is 10.1. The molecule has 1 amide bonds. The van der Waals surface area contributed by atoms with Crippen LogP contribution in [0.5, 0.6) is 0 Å². The monoisotopic (exact) mass is 394 g/mol. The molecule has 0 unspecified atom stereocenters. The maximum absolute atomic E-state index is 12.4. The van der Waals surface area contributed by atoms with E-state index in [2.05, 4.69) is 10.3 Å². The first-order valence-electron chi connectivity index (χ1n) is 7.84. The molecule has 1 aliphatic heterocycles. The third-order valence-corrected chi connectivity index (χ3v) is 5.66. The molecule has 0 atom stereocenters. The lowest BCUT2D eigenvalue weighted by atomic mass is 10.1. The van der Waals surface area contributed by atoms with E-state index in [0.717, 1.165) is 11.8 Å². The fourth-order valence-corrected chi connectivity index (χ4v) is 3.55. The van der Waals surface area contributed by atoms with Crippen LogP contribution in [-0.2, 0) is 16.6 Å². The van der Waals surface area contributed by atoms with Crippen LogP contribution in [0.25, 0.3) is 0 Å². The molecule has 2 heterocycles. The summed E-state index contributed by atoms with van der Waals surface area (Å²) in [5.41, 5.74) is 3.49. The highest BCUT2D eigenvalue weighted by atomic mass is 35.5. The van der Waals surface area contributed by atoms with Gasteiger partial charge in [0, 0.05) is 14.1 Å². The zero-order chi connectivity index (χ0) is 19.2. The summed E-state index contributed by atoms with van der Waals surface area (Å²) in [5.74, 6) is -0.156. The van der Waals surface area contributed by atoms with Crippen LogP contribution in [0.4, 0.5) is 17.1 Å². The van der Waals surface area contributed by atoms with Gasteiger partial charge in [-0.3, -0.25) is 9.10 Å². The van der Waals surface area contributed by atoms with Gasteiger partial charge in [0.15, 0.2) is 0 Å². The van der Waals surface area contributed by atoms with Crippen molar-refractivity contribution in [2.45, 2.75) is 13.5 Å². The lowest BCUT2D eigenvalue weighted by Gasteiger charge is -2.22. The molecule has 138 valence electrons. The van der Waals surface area contributed by atoms with Gasteiger partial charge in [0.2, 0.25) is 10.0 Å². The van der Waals surface area contributed by atoms with E-state index in [1.165, 1.54) is 11.4 Å². The highest BCUT2D eigenvalue weighted by Crippen LogP contribution is 2.35. The molecule has 0 saturated carbocycles. The molecular weight excluding hydrogens is 376 g/mol. The van der Waals surface area contributed by atoms with Crippen molar-refractivity contribution in [2.75, 3.05) is 30.0 Å². The van der Waals surface area contributed by atoms with Gasteiger partial charge < -0.3 is 10.2 Å². The van der Waals surface area contributed by atoms with Crippen LogP contribution in [0, 0.1) is 6.92 Å². The smallest absolute Gasteiger partial charge is 0.257 e. The number of halogens is 1. The second kappa shape index (κ2) is 6.44. The average Bonchev–Trinajstić information content (AvgIpc) is 2.81. The molecule has 0 spiro atoms. The van der Waals surface area contributed by atoms with Gasteiger partial charge in [0.1, 0.15) is 5.15 Å². The molecule has 26 heavy (non-hydrogen) atoms. The molecule has 2 aromatic rings. The Balaban J connectivity index is 2.11. The molecule has 1 aromatic heterocycles. The molecule has 0 radical (unpaired) electrons. The Bertz CT molecular complexity index is 1010. The van der Waals surface area contributed by atoms with Crippen LogP contribution in [0.2, 0.25) is 5.15 Å². The van der Waals surface area contributed by atoms with Crippen LogP contribution < -0.4 is 9.62 Å². The number of sulfonamides is 1. The maximum Gasteiger partial charge on any atom is 0.257 e. The van der Waals surface area contributed by atoms with Crippen LogP contribution >= 0.6 is 11.6 Å². The van der Waals surface area contributed by atoms with Crippen molar-refractivity contribution in [3.8, 4) is 0 Å². The normalized spacial score (nSPS) is 13.7. The van der Waals surface area contributed by atoms with Gasteiger partial charge in [0.25, 0.3) is 5.91 Å². The summed E-state index contributed by atoms with van der Waals surface area (Å²) in [4.78, 5) is 18.2.